The number of hydrogen-bond donors (Lipinski definition) is 1. The molecule has 0 saturated heterocycles. The molecule has 0 fully saturated rings. The Hall–Kier alpha value is -1.95. The van der Waals surface area contributed by atoms with Crippen molar-refractivity contribution in [1.29, 1.82) is 0 Å². The molecule has 0 aliphatic heterocycles. The lowest BCUT2D eigenvalue weighted by Crippen LogP contribution is -2.14. The van der Waals surface area contributed by atoms with Crippen LogP contribution in [0.2, 0.25) is 0 Å². The van der Waals surface area contributed by atoms with Gasteiger partial charge in [-0.25, -0.2) is 0 Å². The fourth-order valence-corrected chi connectivity index (χ4v) is 2.18. The zero-order valence-corrected chi connectivity index (χ0v) is 11.6. The van der Waals surface area contributed by atoms with Gasteiger partial charge < -0.3 is 10.1 Å². The quantitative estimate of drug-likeness (QED) is 0.851. The van der Waals surface area contributed by atoms with Crippen molar-refractivity contribution < 1.29 is 9.53 Å². The highest BCUT2D eigenvalue weighted by atomic mass is 32.2. The van der Waals surface area contributed by atoms with E-state index in [0.717, 1.165) is 10.6 Å². The van der Waals surface area contributed by atoms with E-state index in [1.807, 2.05) is 31.3 Å². The molecule has 0 atom stereocenters. The normalized spacial score (nSPS) is 10.2. The lowest BCUT2D eigenvalue weighted by molar-refractivity contribution is -0.113. The number of aromatic nitrogens is 2. The van der Waals surface area contributed by atoms with Crippen molar-refractivity contribution in [3.05, 3.63) is 36.5 Å². The Morgan fingerprint density at radius 3 is 2.68 bits per heavy atom. The highest BCUT2D eigenvalue weighted by molar-refractivity contribution is 8.00. The molecule has 100 valence electrons. The van der Waals surface area contributed by atoms with Gasteiger partial charge in [0.2, 0.25) is 5.91 Å². The Morgan fingerprint density at radius 1 is 1.37 bits per heavy atom. The molecule has 0 bridgehead atoms. The van der Waals surface area contributed by atoms with Crippen molar-refractivity contribution in [1.82, 2.24) is 9.78 Å². The van der Waals surface area contributed by atoms with Gasteiger partial charge in [0.05, 0.1) is 12.9 Å². The fraction of sp³-hybridized carbons (Fsp3) is 0.231. The number of benzene rings is 1. The summed E-state index contributed by atoms with van der Waals surface area (Å²) >= 11 is 1.47. The van der Waals surface area contributed by atoms with Crippen LogP contribution >= 0.6 is 11.8 Å². The third-order valence-corrected chi connectivity index (χ3v) is 3.42. The smallest absolute Gasteiger partial charge is 0.235 e. The summed E-state index contributed by atoms with van der Waals surface area (Å²) in [5, 5.41) is 6.83. The second-order valence-corrected chi connectivity index (χ2v) is 4.94. The van der Waals surface area contributed by atoms with Gasteiger partial charge in [-0.1, -0.05) is 0 Å². The van der Waals surface area contributed by atoms with Gasteiger partial charge in [-0.3, -0.25) is 9.48 Å². The van der Waals surface area contributed by atoms with Gasteiger partial charge in [0.1, 0.15) is 5.75 Å². The van der Waals surface area contributed by atoms with Gasteiger partial charge in [0.25, 0.3) is 0 Å². The van der Waals surface area contributed by atoms with Crippen molar-refractivity contribution in [3.8, 4) is 5.75 Å². The lowest BCUT2D eigenvalue weighted by Gasteiger charge is -2.03. The first-order valence-corrected chi connectivity index (χ1v) is 6.72. The number of carbonyl (C=O) groups is 1. The predicted octanol–water partition coefficient (Wildman–Crippen LogP) is 2.16. The zero-order chi connectivity index (χ0) is 13.7. The van der Waals surface area contributed by atoms with Crippen LogP contribution in [-0.4, -0.2) is 28.6 Å². The van der Waals surface area contributed by atoms with Crippen LogP contribution in [0, 0.1) is 0 Å². The van der Waals surface area contributed by atoms with E-state index in [9.17, 15) is 4.79 Å². The van der Waals surface area contributed by atoms with Crippen LogP contribution in [0.4, 0.5) is 5.82 Å². The van der Waals surface area contributed by atoms with E-state index in [-0.39, 0.29) is 5.91 Å². The van der Waals surface area contributed by atoms with E-state index < -0.39 is 0 Å². The maximum atomic E-state index is 11.7. The van der Waals surface area contributed by atoms with E-state index in [4.69, 9.17) is 4.74 Å². The minimum Gasteiger partial charge on any atom is -0.497 e. The first-order chi connectivity index (χ1) is 9.17. The average molecular weight is 277 g/mol. The Morgan fingerprint density at radius 2 is 2.11 bits per heavy atom. The van der Waals surface area contributed by atoms with Gasteiger partial charge in [-0.2, -0.15) is 5.10 Å². The lowest BCUT2D eigenvalue weighted by atomic mass is 10.3. The Labute approximate surface area is 116 Å². The number of nitrogens with one attached hydrogen (secondary N) is 1. The number of aryl methyl sites for hydroxylation is 1. The van der Waals surface area contributed by atoms with Crippen molar-refractivity contribution in [2.24, 2.45) is 7.05 Å². The van der Waals surface area contributed by atoms with E-state index in [2.05, 4.69) is 10.4 Å². The molecular formula is C13H15N3O2S. The molecule has 1 amide bonds. The van der Waals surface area contributed by atoms with Gasteiger partial charge in [-0.05, 0) is 24.3 Å². The van der Waals surface area contributed by atoms with Crippen LogP contribution in [0.25, 0.3) is 0 Å². The van der Waals surface area contributed by atoms with Gasteiger partial charge in [0.15, 0.2) is 5.82 Å². The second-order valence-electron chi connectivity index (χ2n) is 3.89. The number of ether oxygens (including phenoxy) is 1. The summed E-state index contributed by atoms with van der Waals surface area (Å²) in [4.78, 5) is 12.7. The number of hydrogen-bond acceptors (Lipinski definition) is 4. The zero-order valence-electron chi connectivity index (χ0n) is 10.8. The van der Waals surface area contributed by atoms with Crippen LogP contribution in [0.5, 0.6) is 5.75 Å². The highest BCUT2D eigenvalue weighted by Gasteiger charge is 2.05. The third-order valence-electron chi connectivity index (χ3n) is 2.41. The molecule has 1 N–H and O–H groups in total. The monoisotopic (exact) mass is 277 g/mol. The first kappa shape index (κ1) is 13.5. The van der Waals surface area contributed by atoms with E-state index in [0.29, 0.717) is 11.6 Å². The molecule has 2 aromatic rings. The van der Waals surface area contributed by atoms with Gasteiger partial charge >= 0.3 is 0 Å². The number of rotatable bonds is 5. The topological polar surface area (TPSA) is 56.1 Å². The third kappa shape index (κ3) is 4.03. The second kappa shape index (κ2) is 6.29. The summed E-state index contributed by atoms with van der Waals surface area (Å²) < 4.78 is 6.72. The standard InChI is InChI=1S/C13H15N3O2S/c1-16-8-7-12(15-16)14-13(17)9-19-11-5-3-10(18-2)4-6-11/h3-8H,9H2,1-2H3,(H,14,15,17). The number of methoxy groups -OCH3 is 1. The molecule has 0 aliphatic rings. The minimum absolute atomic E-state index is 0.0699. The van der Waals surface area contributed by atoms with Crippen LogP contribution in [0.3, 0.4) is 0 Å². The summed E-state index contributed by atoms with van der Waals surface area (Å²) in [6.07, 6.45) is 1.78. The molecule has 19 heavy (non-hydrogen) atoms. The molecule has 1 heterocycles. The van der Waals surface area contributed by atoms with E-state index >= 15 is 0 Å². The summed E-state index contributed by atoms with van der Waals surface area (Å²) in [6, 6.07) is 9.36. The number of thioether (sulfide) groups is 1. The maximum absolute atomic E-state index is 11.7. The molecule has 6 heteroatoms. The summed E-state index contributed by atoms with van der Waals surface area (Å²) in [7, 11) is 3.43. The van der Waals surface area contributed by atoms with Crippen LogP contribution in [0.15, 0.2) is 41.4 Å². The largest absolute Gasteiger partial charge is 0.497 e. The molecule has 0 radical (unpaired) electrons. The molecule has 0 aliphatic carbocycles. The van der Waals surface area contributed by atoms with Crippen molar-refractivity contribution in [3.63, 3.8) is 0 Å². The minimum atomic E-state index is -0.0699. The van der Waals surface area contributed by atoms with Crippen molar-refractivity contribution >= 4 is 23.5 Å². The maximum Gasteiger partial charge on any atom is 0.235 e. The SMILES string of the molecule is COc1ccc(SCC(=O)Nc2ccn(C)n2)cc1. The first-order valence-electron chi connectivity index (χ1n) is 5.74. The number of nitrogens with zero attached hydrogens (tertiary/aromatic N) is 2. The molecular weight excluding hydrogens is 262 g/mol. The molecule has 1 aromatic carbocycles. The van der Waals surface area contributed by atoms with Gasteiger partial charge in [0, 0.05) is 24.2 Å². The molecule has 0 saturated carbocycles. The summed E-state index contributed by atoms with van der Waals surface area (Å²) in [5.74, 6) is 1.66. The number of carbonyl (C=O) groups excluding carboxylic acids is 1. The van der Waals surface area contributed by atoms with Crippen molar-refractivity contribution in [2.75, 3.05) is 18.2 Å². The highest BCUT2D eigenvalue weighted by Crippen LogP contribution is 2.21. The predicted molar refractivity (Wildman–Crippen MR) is 75.6 cm³/mol. The summed E-state index contributed by atoms with van der Waals surface area (Å²) in [6.45, 7) is 0. The fourth-order valence-electron chi connectivity index (χ4n) is 1.48. The van der Waals surface area contributed by atoms with E-state index in [1.165, 1.54) is 11.8 Å². The van der Waals surface area contributed by atoms with Crippen LogP contribution in [0.1, 0.15) is 0 Å². The molecule has 0 spiro atoms. The summed E-state index contributed by atoms with van der Waals surface area (Å²) in [5.41, 5.74) is 0. The van der Waals surface area contributed by atoms with E-state index in [1.54, 1.807) is 24.1 Å². The van der Waals surface area contributed by atoms with Crippen LogP contribution < -0.4 is 10.1 Å². The Balaban J connectivity index is 1.82. The molecule has 0 unspecified atom stereocenters. The Bertz CT molecular complexity index is 551. The van der Waals surface area contributed by atoms with Crippen molar-refractivity contribution in [2.45, 2.75) is 4.90 Å². The molecule has 5 nitrogen and oxygen atoms in total. The van der Waals surface area contributed by atoms with Crippen LogP contribution in [-0.2, 0) is 11.8 Å². The Kier molecular flexibility index (Phi) is 4.46. The number of amides is 1. The molecule has 1 aromatic heterocycles. The molecule has 2 rings (SSSR count). The average Bonchev–Trinajstić information content (AvgIpc) is 2.82. The van der Waals surface area contributed by atoms with Gasteiger partial charge in [-0.15, -0.1) is 11.8 Å². The number of anilines is 1.